The van der Waals surface area contributed by atoms with Gasteiger partial charge in [-0.1, -0.05) is 35.9 Å². The molecule has 2 heterocycles. The highest BCUT2D eigenvalue weighted by Crippen LogP contribution is 2.30. The zero-order valence-corrected chi connectivity index (χ0v) is 18.6. The minimum atomic E-state index is -0.782. The number of nitrogens with two attached hydrogens (primary N) is 1. The number of aryl methyl sites for hydroxylation is 2. The van der Waals surface area contributed by atoms with E-state index in [2.05, 4.69) is 32.4 Å². The van der Waals surface area contributed by atoms with Crippen molar-refractivity contribution in [3.05, 3.63) is 89.3 Å². The third kappa shape index (κ3) is 5.12. The second kappa shape index (κ2) is 9.06. The van der Waals surface area contributed by atoms with Crippen molar-refractivity contribution in [2.75, 3.05) is 5.32 Å². The third-order valence-corrected chi connectivity index (χ3v) is 5.39. The second-order valence-electron chi connectivity index (χ2n) is 8.18. The Labute approximate surface area is 191 Å². The van der Waals surface area contributed by atoms with Crippen LogP contribution < -0.4 is 11.1 Å². The SMILES string of the molecule is CC(C)(N)c1ccc(-c2nc(Nc3ccc(CCn4ccnc4)cc3)ncc2Cl)cc1F. The lowest BCUT2D eigenvalue weighted by Crippen LogP contribution is -2.29. The molecule has 164 valence electrons. The number of hydrogen-bond donors (Lipinski definition) is 2. The summed E-state index contributed by atoms with van der Waals surface area (Å²) in [5.74, 6) is -0.0234. The van der Waals surface area contributed by atoms with Crippen LogP contribution in [-0.4, -0.2) is 19.5 Å². The number of nitrogens with one attached hydrogen (secondary N) is 1. The quantitative estimate of drug-likeness (QED) is 0.398. The van der Waals surface area contributed by atoms with Gasteiger partial charge in [-0.3, -0.25) is 0 Å². The lowest BCUT2D eigenvalue weighted by atomic mass is 9.93. The largest absolute Gasteiger partial charge is 0.337 e. The summed E-state index contributed by atoms with van der Waals surface area (Å²) in [4.78, 5) is 12.8. The molecule has 2 aromatic heterocycles. The highest BCUT2D eigenvalue weighted by Gasteiger charge is 2.20. The Hall–Kier alpha value is -3.29. The van der Waals surface area contributed by atoms with Gasteiger partial charge in [0, 0.05) is 41.3 Å². The Kier molecular flexibility index (Phi) is 6.21. The van der Waals surface area contributed by atoms with E-state index in [1.807, 2.05) is 29.2 Å². The second-order valence-corrected chi connectivity index (χ2v) is 8.59. The van der Waals surface area contributed by atoms with E-state index in [4.69, 9.17) is 17.3 Å². The summed E-state index contributed by atoms with van der Waals surface area (Å²) in [6.45, 7) is 4.38. The van der Waals surface area contributed by atoms with Crippen LogP contribution in [0, 0.1) is 5.82 Å². The molecule has 0 saturated heterocycles. The van der Waals surface area contributed by atoms with Gasteiger partial charge in [-0.2, -0.15) is 0 Å². The monoisotopic (exact) mass is 450 g/mol. The Morgan fingerprint density at radius 1 is 1.16 bits per heavy atom. The first-order chi connectivity index (χ1) is 15.3. The minimum absolute atomic E-state index is 0.338. The first kappa shape index (κ1) is 21.9. The number of aromatic nitrogens is 4. The predicted octanol–water partition coefficient (Wildman–Crippen LogP) is 5.31. The molecule has 4 rings (SSSR count). The van der Waals surface area contributed by atoms with Gasteiger partial charge in [-0.25, -0.2) is 19.3 Å². The van der Waals surface area contributed by atoms with Crippen LogP contribution in [0.3, 0.4) is 0 Å². The summed E-state index contributed by atoms with van der Waals surface area (Å²) >= 11 is 6.31. The molecule has 2 aromatic carbocycles. The van der Waals surface area contributed by atoms with Crippen molar-refractivity contribution in [3.8, 4) is 11.3 Å². The lowest BCUT2D eigenvalue weighted by molar-refractivity contribution is 0.502. The van der Waals surface area contributed by atoms with E-state index in [1.54, 1.807) is 32.2 Å². The standard InChI is InChI=1S/C24H24ClFN6/c1-24(2,27)19-8-5-17(13-21(19)26)22-20(25)14-29-23(31-22)30-18-6-3-16(4-7-18)9-11-32-12-10-28-15-32/h3-8,10,12-15H,9,11,27H2,1-2H3,(H,29,30,31). The fourth-order valence-electron chi connectivity index (χ4n) is 3.38. The Balaban J connectivity index is 1.50. The maximum absolute atomic E-state index is 14.6. The summed E-state index contributed by atoms with van der Waals surface area (Å²) in [6, 6.07) is 12.9. The van der Waals surface area contributed by atoms with Gasteiger partial charge in [0.05, 0.1) is 23.2 Å². The average Bonchev–Trinajstić information content (AvgIpc) is 3.27. The Morgan fingerprint density at radius 2 is 1.94 bits per heavy atom. The third-order valence-electron chi connectivity index (χ3n) is 5.11. The van der Waals surface area contributed by atoms with Gasteiger partial charge in [-0.15, -0.1) is 0 Å². The average molecular weight is 451 g/mol. The van der Waals surface area contributed by atoms with Crippen LogP contribution >= 0.6 is 11.6 Å². The van der Waals surface area contributed by atoms with E-state index >= 15 is 0 Å². The first-order valence-corrected chi connectivity index (χ1v) is 10.6. The molecule has 0 bridgehead atoms. The number of imidazole rings is 1. The minimum Gasteiger partial charge on any atom is -0.337 e. The van der Waals surface area contributed by atoms with Gasteiger partial charge in [0.25, 0.3) is 0 Å². The number of nitrogens with zero attached hydrogens (tertiary/aromatic N) is 4. The maximum atomic E-state index is 14.6. The molecular formula is C24H24ClFN6. The molecule has 0 atom stereocenters. The van der Waals surface area contributed by atoms with Crippen LogP contribution in [0.1, 0.15) is 25.0 Å². The molecule has 8 heteroatoms. The molecule has 0 aliphatic rings. The van der Waals surface area contributed by atoms with Crippen LogP contribution in [0.4, 0.5) is 16.0 Å². The van der Waals surface area contributed by atoms with Crippen LogP contribution in [0.15, 0.2) is 67.4 Å². The van der Waals surface area contributed by atoms with E-state index in [-0.39, 0.29) is 0 Å². The molecule has 6 nitrogen and oxygen atoms in total. The van der Waals surface area contributed by atoms with Crippen LogP contribution in [0.2, 0.25) is 5.02 Å². The van der Waals surface area contributed by atoms with Gasteiger partial charge in [0.15, 0.2) is 0 Å². The number of hydrogen-bond acceptors (Lipinski definition) is 5. The molecule has 0 spiro atoms. The molecular weight excluding hydrogens is 427 g/mol. The molecule has 0 aliphatic heterocycles. The molecule has 0 fully saturated rings. The molecule has 3 N–H and O–H groups in total. The molecule has 0 aliphatic carbocycles. The normalized spacial score (nSPS) is 11.5. The van der Waals surface area contributed by atoms with Crippen molar-refractivity contribution in [2.45, 2.75) is 32.4 Å². The smallest absolute Gasteiger partial charge is 0.227 e. The highest BCUT2D eigenvalue weighted by atomic mass is 35.5. The van der Waals surface area contributed by atoms with E-state index in [0.29, 0.717) is 27.8 Å². The van der Waals surface area contributed by atoms with Crippen molar-refractivity contribution in [1.29, 1.82) is 0 Å². The van der Waals surface area contributed by atoms with Crippen molar-refractivity contribution >= 4 is 23.2 Å². The molecule has 0 amide bonds. The van der Waals surface area contributed by atoms with Gasteiger partial charge in [-0.05, 0) is 44.0 Å². The molecule has 32 heavy (non-hydrogen) atoms. The zero-order chi connectivity index (χ0) is 22.7. The van der Waals surface area contributed by atoms with Crippen molar-refractivity contribution in [3.63, 3.8) is 0 Å². The van der Waals surface area contributed by atoms with Gasteiger partial charge >= 0.3 is 0 Å². The van der Waals surface area contributed by atoms with Crippen molar-refractivity contribution < 1.29 is 4.39 Å². The number of rotatable bonds is 7. The molecule has 4 aromatic rings. The number of anilines is 2. The summed E-state index contributed by atoms with van der Waals surface area (Å²) in [7, 11) is 0. The summed E-state index contributed by atoms with van der Waals surface area (Å²) < 4.78 is 16.7. The van der Waals surface area contributed by atoms with Crippen LogP contribution in [-0.2, 0) is 18.5 Å². The van der Waals surface area contributed by atoms with Gasteiger partial charge in [0.2, 0.25) is 5.95 Å². The fraction of sp³-hybridized carbons (Fsp3) is 0.208. The molecule has 0 radical (unpaired) electrons. The van der Waals surface area contributed by atoms with Crippen LogP contribution in [0.25, 0.3) is 11.3 Å². The lowest BCUT2D eigenvalue weighted by Gasteiger charge is -2.20. The van der Waals surface area contributed by atoms with Gasteiger partial charge < -0.3 is 15.6 Å². The summed E-state index contributed by atoms with van der Waals surface area (Å²) in [5.41, 5.74) is 8.74. The zero-order valence-electron chi connectivity index (χ0n) is 17.9. The topological polar surface area (TPSA) is 81.6 Å². The maximum Gasteiger partial charge on any atom is 0.227 e. The first-order valence-electron chi connectivity index (χ1n) is 10.2. The predicted molar refractivity (Wildman–Crippen MR) is 125 cm³/mol. The number of halogens is 2. The Bertz CT molecular complexity index is 1200. The van der Waals surface area contributed by atoms with E-state index in [0.717, 1.165) is 18.7 Å². The highest BCUT2D eigenvalue weighted by molar-refractivity contribution is 6.32. The molecule has 0 saturated carbocycles. The van der Waals surface area contributed by atoms with E-state index in [1.165, 1.54) is 17.8 Å². The van der Waals surface area contributed by atoms with E-state index in [9.17, 15) is 4.39 Å². The fourth-order valence-corrected chi connectivity index (χ4v) is 3.58. The summed E-state index contributed by atoms with van der Waals surface area (Å²) in [5, 5.41) is 3.52. The van der Waals surface area contributed by atoms with Crippen molar-refractivity contribution in [1.82, 2.24) is 19.5 Å². The molecule has 0 unspecified atom stereocenters. The van der Waals surface area contributed by atoms with Crippen molar-refractivity contribution in [2.24, 2.45) is 5.73 Å². The summed E-state index contributed by atoms with van der Waals surface area (Å²) in [6.07, 6.45) is 7.93. The number of benzene rings is 2. The van der Waals surface area contributed by atoms with E-state index < -0.39 is 11.4 Å². The van der Waals surface area contributed by atoms with Gasteiger partial charge in [0.1, 0.15) is 5.82 Å². The van der Waals surface area contributed by atoms with Crippen LogP contribution in [0.5, 0.6) is 0 Å². The Morgan fingerprint density at radius 3 is 2.59 bits per heavy atom.